The van der Waals surface area contributed by atoms with Crippen LogP contribution in [0.5, 0.6) is 0 Å². The largest absolute Gasteiger partial charge is 0.309 e. The Hall–Kier alpha value is -8.77. The van der Waals surface area contributed by atoms with Crippen molar-refractivity contribution in [1.82, 2.24) is 19.5 Å². The van der Waals surface area contributed by atoms with Gasteiger partial charge in [-0.3, -0.25) is 0 Å². The predicted octanol–water partition coefficient (Wildman–Crippen LogP) is 17.0. The van der Waals surface area contributed by atoms with Gasteiger partial charge < -0.3 is 4.57 Å². The van der Waals surface area contributed by atoms with Crippen LogP contribution in [0.2, 0.25) is 0 Å². The summed E-state index contributed by atoms with van der Waals surface area (Å²) in [4.78, 5) is 15.3. The molecule has 5 heteroatoms. The predicted molar refractivity (Wildman–Crippen MR) is 284 cm³/mol. The van der Waals surface area contributed by atoms with Crippen molar-refractivity contribution in [2.75, 3.05) is 0 Å². The molecule has 3 heterocycles. The first-order valence-corrected chi connectivity index (χ1v) is 23.8. The van der Waals surface area contributed by atoms with Crippen LogP contribution in [-0.4, -0.2) is 19.5 Å². The summed E-state index contributed by atoms with van der Waals surface area (Å²) in [7, 11) is 0. The van der Waals surface area contributed by atoms with Gasteiger partial charge in [0.2, 0.25) is 0 Å². The summed E-state index contributed by atoms with van der Waals surface area (Å²) in [5.41, 5.74) is 18.6. The molecule has 13 aromatic rings. The van der Waals surface area contributed by atoms with E-state index in [1.54, 1.807) is 0 Å². The third-order valence-electron chi connectivity index (χ3n) is 13.6. The standard InChI is InChI=1S/C63H38N4S/c1-3-16-39(17-4-1)61-64-62(40-18-5-2-6-19-40)66-63(65-61)52-27-15-29-59-60(52)55-37-42(31-35-58(55)68-59)41-30-34-57-54(36-41)51-26-13-14-28-56(51)67(57)43-32-33-50-48-24-10-9-22-46(48)44-20-7-8-21-45(44)47-23-11-12-25-49(47)53(50)38-43/h1-38H. The third-order valence-corrected chi connectivity index (χ3v) is 14.8. The number of hydrogen-bond donors (Lipinski definition) is 0. The molecular weight excluding hydrogens is 845 g/mol. The fourth-order valence-electron chi connectivity index (χ4n) is 10.5. The number of para-hydroxylation sites is 1. The molecule has 0 saturated heterocycles. The van der Waals surface area contributed by atoms with E-state index >= 15 is 0 Å². The molecule has 3 aromatic heterocycles. The van der Waals surface area contributed by atoms with Gasteiger partial charge >= 0.3 is 0 Å². The molecule has 1 aliphatic rings. The lowest BCUT2D eigenvalue weighted by Gasteiger charge is -2.23. The van der Waals surface area contributed by atoms with Crippen LogP contribution in [0.4, 0.5) is 0 Å². The SMILES string of the molecule is c1ccc(-c2nc(-c3ccccc3)nc(-c3cccc4sc5ccc(-c6ccc7c(c6)c6ccccc6n7-c6ccc7c(c6)-c6ccccc6-c6ccccc6-c6ccccc6-7)cc5c34)n2)cc1. The first-order valence-electron chi connectivity index (χ1n) is 23.0. The van der Waals surface area contributed by atoms with E-state index in [2.05, 4.69) is 199 Å². The number of nitrogens with zero attached hydrogens (tertiary/aromatic N) is 4. The summed E-state index contributed by atoms with van der Waals surface area (Å²) in [6, 6.07) is 83.2. The lowest BCUT2D eigenvalue weighted by Crippen LogP contribution is -2.00. The normalized spacial score (nSPS) is 11.8. The number of benzene rings is 10. The molecule has 316 valence electrons. The second kappa shape index (κ2) is 15.4. The maximum atomic E-state index is 5.15. The molecule has 4 nitrogen and oxygen atoms in total. The zero-order valence-electron chi connectivity index (χ0n) is 36.6. The van der Waals surface area contributed by atoms with Crippen molar-refractivity contribution in [2.24, 2.45) is 0 Å². The van der Waals surface area contributed by atoms with Crippen LogP contribution in [0.1, 0.15) is 0 Å². The van der Waals surface area contributed by atoms with Crippen molar-refractivity contribution >= 4 is 53.3 Å². The number of fused-ring (bicyclic) bond motifs is 14. The van der Waals surface area contributed by atoms with Crippen LogP contribution < -0.4 is 0 Å². The van der Waals surface area contributed by atoms with Gasteiger partial charge in [0, 0.05) is 53.3 Å². The Morgan fingerprint density at radius 3 is 1.40 bits per heavy atom. The summed E-state index contributed by atoms with van der Waals surface area (Å²) < 4.78 is 4.86. The van der Waals surface area contributed by atoms with Crippen LogP contribution in [0.25, 0.3) is 137 Å². The van der Waals surface area contributed by atoms with E-state index in [0.29, 0.717) is 17.5 Å². The topological polar surface area (TPSA) is 43.6 Å². The Balaban J connectivity index is 0.923. The first kappa shape index (κ1) is 38.5. The van der Waals surface area contributed by atoms with Crippen molar-refractivity contribution in [3.8, 4) is 95.5 Å². The zero-order chi connectivity index (χ0) is 44.7. The number of rotatable bonds is 5. The number of hydrogen-bond acceptors (Lipinski definition) is 4. The molecule has 14 rings (SSSR count). The first-order chi connectivity index (χ1) is 33.7. The van der Waals surface area contributed by atoms with Crippen molar-refractivity contribution in [3.63, 3.8) is 0 Å². The average molecular weight is 883 g/mol. The average Bonchev–Trinajstić information content (AvgIpc) is 3.96. The highest BCUT2D eigenvalue weighted by molar-refractivity contribution is 7.26. The van der Waals surface area contributed by atoms with Gasteiger partial charge in [0.05, 0.1) is 11.0 Å². The minimum atomic E-state index is 0.654. The van der Waals surface area contributed by atoms with Crippen molar-refractivity contribution in [1.29, 1.82) is 0 Å². The van der Waals surface area contributed by atoms with E-state index in [4.69, 9.17) is 15.0 Å². The lowest BCUT2D eigenvalue weighted by molar-refractivity contribution is 1.08. The smallest absolute Gasteiger partial charge is 0.164 e. The van der Waals surface area contributed by atoms with E-state index in [1.807, 2.05) is 47.7 Å². The lowest BCUT2D eigenvalue weighted by atomic mass is 9.81. The molecule has 0 amide bonds. The zero-order valence-corrected chi connectivity index (χ0v) is 37.5. The summed E-state index contributed by atoms with van der Waals surface area (Å²) >= 11 is 1.81. The van der Waals surface area contributed by atoms with Gasteiger partial charge in [0.15, 0.2) is 17.5 Å². The Bertz CT molecular complexity index is 4080. The molecule has 0 atom stereocenters. The molecule has 10 aromatic carbocycles. The molecule has 0 fully saturated rings. The van der Waals surface area contributed by atoms with Gasteiger partial charge in [0.1, 0.15) is 0 Å². The minimum Gasteiger partial charge on any atom is -0.309 e. The van der Waals surface area contributed by atoms with Crippen molar-refractivity contribution in [3.05, 3.63) is 231 Å². The van der Waals surface area contributed by atoms with Gasteiger partial charge in [-0.1, -0.05) is 182 Å². The van der Waals surface area contributed by atoms with Crippen molar-refractivity contribution in [2.45, 2.75) is 0 Å². The summed E-state index contributed by atoms with van der Waals surface area (Å²) in [6.07, 6.45) is 0. The maximum absolute atomic E-state index is 5.15. The summed E-state index contributed by atoms with van der Waals surface area (Å²) in [5.74, 6) is 1.97. The molecule has 0 saturated carbocycles. The fraction of sp³-hybridized carbons (Fsp3) is 0. The van der Waals surface area contributed by atoms with Gasteiger partial charge in [-0.2, -0.15) is 0 Å². The molecule has 0 aliphatic heterocycles. The monoisotopic (exact) mass is 882 g/mol. The maximum Gasteiger partial charge on any atom is 0.164 e. The molecule has 0 N–H and O–H groups in total. The quantitative estimate of drug-likeness (QED) is 0.173. The molecule has 68 heavy (non-hydrogen) atoms. The second-order valence-corrected chi connectivity index (χ2v) is 18.6. The molecule has 1 aliphatic carbocycles. The van der Waals surface area contributed by atoms with Crippen LogP contribution in [-0.2, 0) is 0 Å². The van der Waals surface area contributed by atoms with Gasteiger partial charge in [-0.15, -0.1) is 11.3 Å². The molecule has 0 radical (unpaired) electrons. The number of aromatic nitrogens is 4. The van der Waals surface area contributed by atoms with Gasteiger partial charge in [-0.25, -0.2) is 15.0 Å². The Morgan fingerprint density at radius 1 is 0.279 bits per heavy atom. The van der Waals surface area contributed by atoms with E-state index in [9.17, 15) is 0 Å². The van der Waals surface area contributed by atoms with Crippen LogP contribution >= 0.6 is 11.3 Å². The van der Waals surface area contributed by atoms with Gasteiger partial charge in [-0.05, 0) is 104 Å². The Morgan fingerprint density at radius 2 is 0.765 bits per heavy atom. The number of thiophene rings is 1. The van der Waals surface area contributed by atoms with Gasteiger partial charge in [0.25, 0.3) is 0 Å². The second-order valence-electron chi connectivity index (χ2n) is 17.5. The highest BCUT2D eigenvalue weighted by atomic mass is 32.1. The van der Waals surface area contributed by atoms with E-state index in [1.165, 1.54) is 86.7 Å². The molecule has 0 unspecified atom stereocenters. The highest BCUT2D eigenvalue weighted by Gasteiger charge is 2.24. The Kier molecular flexibility index (Phi) is 8.73. The summed E-state index contributed by atoms with van der Waals surface area (Å²) in [6.45, 7) is 0. The minimum absolute atomic E-state index is 0.654. The van der Waals surface area contributed by atoms with Crippen molar-refractivity contribution < 1.29 is 0 Å². The molecule has 0 spiro atoms. The van der Waals surface area contributed by atoms with E-state index < -0.39 is 0 Å². The highest BCUT2D eigenvalue weighted by Crippen LogP contribution is 2.49. The molecule has 0 bridgehead atoms. The third kappa shape index (κ3) is 6.10. The Labute approximate surface area is 396 Å². The van der Waals surface area contributed by atoms with Crippen LogP contribution in [0.3, 0.4) is 0 Å². The van der Waals surface area contributed by atoms with E-state index in [-0.39, 0.29) is 0 Å². The van der Waals surface area contributed by atoms with E-state index in [0.717, 1.165) is 33.3 Å². The van der Waals surface area contributed by atoms with Crippen LogP contribution in [0, 0.1) is 0 Å². The summed E-state index contributed by atoms with van der Waals surface area (Å²) in [5, 5.41) is 4.78. The fourth-order valence-corrected chi connectivity index (χ4v) is 11.7. The van der Waals surface area contributed by atoms with Crippen LogP contribution in [0.15, 0.2) is 231 Å². The molecular formula is C63H38N4S.